The standard InChI is InChI=1S/C15H25NO2/c1-3-5-10-17-11-12-18-14-8-6-13(7-9-14)15(16)4-2/h6-9,15H,3-5,10-12,16H2,1-2H3/t15-/m0/s1. The Morgan fingerprint density at radius 1 is 1.06 bits per heavy atom. The van der Waals surface area contributed by atoms with E-state index in [-0.39, 0.29) is 6.04 Å². The molecule has 0 amide bonds. The van der Waals surface area contributed by atoms with Crippen molar-refractivity contribution in [1.82, 2.24) is 0 Å². The Morgan fingerprint density at radius 2 is 1.78 bits per heavy atom. The second-order valence-electron chi connectivity index (χ2n) is 4.40. The molecule has 3 heteroatoms. The lowest BCUT2D eigenvalue weighted by Gasteiger charge is -2.11. The predicted octanol–water partition coefficient (Wildman–Crippen LogP) is 3.29. The largest absolute Gasteiger partial charge is 0.491 e. The minimum absolute atomic E-state index is 0.122. The highest BCUT2D eigenvalue weighted by Crippen LogP contribution is 2.18. The second-order valence-corrected chi connectivity index (χ2v) is 4.40. The van der Waals surface area contributed by atoms with Crippen molar-refractivity contribution in [1.29, 1.82) is 0 Å². The number of hydrogen-bond acceptors (Lipinski definition) is 3. The van der Waals surface area contributed by atoms with Gasteiger partial charge < -0.3 is 15.2 Å². The van der Waals surface area contributed by atoms with Gasteiger partial charge in [-0.2, -0.15) is 0 Å². The molecule has 1 rings (SSSR count). The highest BCUT2D eigenvalue weighted by molar-refractivity contribution is 5.28. The zero-order valence-electron chi connectivity index (χ0n) is 11.5. The minimum Gasteiger partial charge on any atom is -0.491 e. The SMILES string of the molecule is CCCCOCCOc1ccc([C@@H](N)CC)cc1. The van der Waals surface area contributed by atoms with Crippen molar-refractivity contribution in [2.45, 2.75) is 39.2 Å². The Balaban J connectivity index is 2.22. The molecule has 0 aliphatic heterocycles. The van der Waals surface area contributed by atoms with E-state index < -0.39 is 0 Å². The molecule has 0 saturated heterocycles. The molecule has 0 radical (unpaired) electrons. The fourth-order valence-corrected chi connectivity index (χ4v) is 1.61. The normalized spacial score (nSPS) is 12.4. The van der Waals surface area contributed by atoms with Crippen LogP contribution in [0.3, 0.4) is 0 Å². The van der Waals surface area contributed by atoms with Gasteiger partial charge in [-0.05, 0) is 30.5 Å². The van der Waals surface area contributed by atoms with Gasteiger partial charge in [0, 0.05) is 12.6 Å². The van der Waals surface area contributed by atoms with Crippen molar-refractivity contribution in [3.05, 3.63) is 29.8 Å². The van der Waals surface area contributed by atoms with Crippen LogP contribution < -0.4 is 10.5 Å². The van der Waals surface area contributed by atoms with Crippen LogP contribution in [0.15, 0.2) is 24.3 Å². The summed E-state index contributed by atoms with van der Waals surface area (Å²) in [5.41, 5.74) is 7.11. The van der Waals surface area contributed by atoms with Crippen LogP contribution in [0.2, 0.25) is 0 Å². The summed E-state index contributed by atoms with van der Waals surface area (Å²) in [5, 5.41) is 0. The minimum atomic E-state index is 0.122. The Morgan fingerprint density at radius 3 is 2.39 bits per heavy atom. The summed E-state index contributed by atoms with van der Waals surface area (Å²) in [6.45, 7) is 6.31. The third-order valence-electron chi connectivity index (χ3n) is 2.89. The van der Waals surface area contributed by atoms with Crippen LogP contribution in [0.5, 0.6) is 5.75 Å². The maximum absolute atomic E-state index is 5.95. The van der Waals surface area contributed by atoms with Crippen molar-refractivity contribution >= 4 is 0 Å². The Labute approximate surface area is 110 Å². The smallest absolute Gasteiger partial charge is 0.119 e. The summed E-state index contributed by atoms with van der Waals surface area (Å²) in [6, 6.07) is 8.12. The van der Waals surface area contributed by atoms with E-state index in [2.05, 4.69) is 13.8 Å². The zero-order valence-corrected chi connectivity index (χ0v) is 11.5. The van der Waals surface area contributed by atoms with Crippen LogP contribution in [0.25, 0.3) is 0 Å². The monoisotopic (exact) mass is 251 g/mol. The molecule has 2 N–H and O–H groups in total. The first-order valence-electron chi connectivity index (χ1n) is 6.84. The van der Waals surface area contributed by atoms with Gasteiger partial charge in [0.2, 0.25) is 0 Å². The molecule has 0 aliphatic rings. The number of hydrogen-bond donors (Lipinski definition) is 1. The third kappa shape index (κ3) is 5.52. The van der Waals surface area contributed by atoms with Crippen LogP contribution in [0, 0.1) is 0 Å². The van der Waals surface area contributed by atoms with Crippen molar-refractivity contribution in [2.24, 2.45) is 5.73 Å². The first kappa shape index (κ1) is 15.0. The first-order chi connectivity index (χ1) is 8.77. The predicted molar refractivity (Wildman–Crippen MR) is 74.9 cm³/mol. The molecule has 0 saturated carbocycles. The molecule has 0 spiro atoms. The summed E-state index contributed by atoms with van der Waals surface area (Å²) in [4.78, 5) is 0. The molecule has 0 fully saturated rings. The van der Waals surface area contributed by atoms with E-state index in [4.69, 9.17) is 15.2 Å². The topological polar surface area (TPSA) is 44.5 Å². The molecule has 0 unspecified atom stereocenters. The molecule has 0 heterocycles. The van der Waals surface area contributed by atoms with E-state index in [0.29, 0.717) is 13.2 Å². The lowest BCUT2D eigenvalue weighted by Crippen LogP contribution is -2.09. The van der Waals surface area contributed by atoms with Gasteiger partial charge in [0.15, 0.2) is 0 Å². The lowest BCUT2D eigenvalue weighted by molar-refractivity contribution is 0.0980. The molecule has 1 aromatic rings. The number of ether oxygens (including phenoxy) is 2. The van der Waals surface area contributed by atoms with Crippen LogP contribution in [-0.4, -0.2) is 19.8 Å². The molecule has 0 aliphatic carbocycles. The van der Waals surface area contributed by atoms with Gasteiger partial charge in [0.05, 0.1) is 6.61 Å². The summed E-state index contributed by atoms with van der Waals surface area (Å²) in [5.74, 6) is 0.876. The van der Waals surface area contributed by atoms with E-state index in [1.165, 1.54) is 6.42 Å². The molecule has 102 valence electrons. The average Bonchev–Trinajstić information content (AvgIpc) is 2.42. The average molecular weight is 251 g/mol. The summed E-state index contributed by atoms with van der Waals surface area (Å²) < 4.78 is 11.0. The number of benzene rings is 1. The molecular formula is C15H25NO2. The van der Waals surface area contributed by atoms with Gasteiger partial charge >= 0.3 is 0 Å². The van der Waals surface area contributed by atoms with E-state index >= 15 is 0 Å². The number of unbranched alkanes of at least 4 members (excludes halogenated alkanes) is 1. The Hall–Kier alpha value is -1.06. The molecule has 18 heavy (non-hydrogen) atoms. The van der Waals surface area contributed by atoms with Gasteiger partial charge in [-0.1, -0.05) is 32.4 Å². The fraction of sp³-hybridized carbons (Fsp3) is 0.600. The molecule has 1 atom stereocenters. The Bertz CT molecular complexity index is 311. The van der Waals surface area contributed by atoms with Gasteiger partial charge in [-0.15, -0.1) is 0 Å². The molecule has 1 aromatic carbocycles. The van der Waals surface area contributed by atoms with Crippen LogP contribution in [0.4, 0.5) is 0 Å². The van der Waals surface area contributed by atoms with Crippen molar-refractivity contribution in [3.63, 3.8) is 0 Å². The van der Waals surface area contributed by atoms with E-state index in [9.17, 15) is 0 Å². The maximum Gasteiger partial charge on any atom is 0.119 e. The van der Waals surface area contributed by atoms with Crippen molar-refractivity contribution in [2.75, 3.05) is 19.8 Å². The fourth-order valence-electron chi connectivity index (χ4n) is 1.61. The van der Waals surface area contributed by atoms with E-state index in [1.54, 1.807) is 0 Å². The lowest BCUT2D eigenvalue weighted by atomic mass is 10.1. The third-order valence-corrected chi connectivity index (χ3v) is 2.89. The Kier molecular flexibility index (Phi) is 7.46. The summed E-state index contributed by atoms with van der Waals surface area (Å²) >= 11 is 0. The van der Waals surface area contributed by atoms with Crippen LogP contribution in [-0.2, 0) is 4.74 Å². The van der Waals surface area contributed by atoms with E-state index in [0.717, 1.165) is 30.8 Å². The van der Waals surface area contributed by atoms with Crippen molar-refractivity contribution < 1.29 is 9.47 Å². The second kappa shape index (κ2) is 8.95. The van der Waals surface area contributed by atoms with Crippen LogP contribution in [0.1, 0.15) is 44.7 Å². The quantitative estimate of drug-likeness (QED) is 0.685. The number of nitrogens with two attached hydrogens (primary N) is 1. The van der Waals surface area contributed by atoms with Crippen LogP contribution >= 0.6 is 0 Å². The maximum atomic E-state index is 5.95. The van der Waals surface area contributed by atoms with Crippen molar-refractivity contribution in [3.8, 4) is 5.75 Å². The summed E-state index contributed by atoms with van der Waals surface area (Å²) in [6.07, 6.45) is 3.23. The van der Waals surface area contributed by atoms with Gasteiger partial charge in [0.25, 0.3) is 0 Å². The molecular weight excluding hydrogens is 226 g/mol. The zero-order chi connectivity index (χ0) is 13.2. The van der Waals surface area contributed by atoms with E-state index in [1.807, 2.05) is 24.3 Å². The number of rotatable bonds is 9. The molecule has 0 bridgehead atoms. The summed E-state index contributed by atoms with van der Waals surface area (Å²) in [7, 11) is 0. The molecule has 3 nitrogen and oxygen atoms in total. The van der Waals surface area contributed by atoms with Gasteiger partial charge in [-0.25, -0.2) is 0 Å². The highest BCUT2D eigenvalue weighted by atomic mass is 16.5. The molecule has 0 aromatic heterocycles. The first-order valence-corrected chi connectivity index (χ1v) is 6.84. The van der Waals surface area contributed by atoms with Gasteiger partial charge in [-0.3, -0.25) is 0 Å². The van der Waals surface area contributed by atoms with Gasteiger partial charge in [0.1, 0.15) is 12.4 Å². The highest BCUT2D eigenvalue weighted by Gasteiger charge is 2.02.